The van der Waals surface area contributed by atoms with E-state index >= 15 is 0 Å². The number of nitrogens with zero attached hydrogens (tertiary/aromatic N) is 1. The standard InChI is InChI=1S/C19H26N4OS.HI/c1-4-9-21-18(24)16-7-5-6-15(11-16)12-22-19(20-3)23-13-17-14(2)8-10-25-17;/h5-8,10-11H,4,9,12-13H2,1-3H3,(H,21,24)(H2,20,22,23);1H. The zero-order chi connectivity index (χ0) is 18.1. The average molecular weight is 486 g/mol. The number of hydrogen-bond acceptors (Lipinski definition) is 3. The molecule has 1 heterocycles. The molecule has 0 aliphatic carbocycles. The van der Waals surface area contributed by atoms with Crippen molar-refractivity contribution in [3.63, 3.8) is 0 Å². The molecule has 1 aromatic carbocycles. The van der Waals surface area contributed by atoms with Crippen molar-refractivity contribution in [1.29, 1.82) is 0 Å². The van der Waals surface area contributed by atoms with Crippen LogP contribution in [0.1, 0.15) is 39.7 Å². The van der Waals surface area contributed by atoms with Crippen molar-refractivity contribution < 1.29 is 4.79 Å². The van der Waals surface area contributed by atoms with Crippen molar-refractivity contribution in [2.24, 2.45) is 4.99 Å². The van der Waals surface area contributed by atoms with Crippen molar-refractivity contribution in [2.75, 3.05) is 13.6 Å². The van der Waals surface area contributed by atoms with E-state index in [0.29, 0.717) is 18.7 Å². The molecule has 26 heavy (non-hydrogen) atoms. The molecule has 0 fully saturated rings. The molecule has 3 N–H and O–H groups in total. The summed E-state index contributed by atoms with van der Waals surface area (Å²) in [5.41, 5.74) is 3.02. The van der Waals surface area contributed by atoms with Crippen LogP contribution in [0.15, 0.2) is 40.7 Å². The van der Waals surface area contributed by atoms with E-state index in [9.17, 15) is 4.79 Å². The molecule has 2 aromatic rings. The van der Waals surface area contributed by atoms with Crippen LogP contribution in [0, 0.1) is 6.92 Å². The van der Waals surface area contributed by atoms with Gasteiger partial charge in [-0.1, -0.05) is 19.1 Å². The summed E-state index contributed by atoms with van der Waals surface area (Å²) in [7, 11) is 1.76. The highest BCUT2D eigenvalue weighted by molar-refractivity contribution is 14.0. The van der Waals surface area contributed by atoms with E-state index in [2.05, 4.69) is 39.3 Å². The quantitative estimate of drug-likeness (QED) is 0.318. The van der Waals surface area contributed by atoms with Crippen molar-refractivity contribution in [1.82, 2.24) is 16.0 Å². The highest BCUT2D eigenvalue weighted by Crippen LogP contribution is 2.14. The number of thiophene rings is 1. The molecule has 0 saturated carbocycles. The fraction of sp³-hybridized carbons (Fsp3) is 0.368. The highest BCUT2D eigenvalue weighted by Gasteiger charge is 2.06. The molecule has 0 aliphatic rings. The minimum absolute atomic E-state index is 0. The lowest BCUT2D eigenvalue weighted by Gasteiger charge is -2.12. The minimum Gasteiger partial charge on any atom is -0.352 e. The summed E-state index contributed by atoms with van der Waals surface area (Å²) < 4.78 is 0. The Morgan fingerprint density at radius 1 is 1.15 bits per heavy atom. The SMILES string of the molecule is CCCNC(=O)c1cccc(CNC(=NC)NCc2sccc2C)c1.I. The predicted molar refractivity (Wildman–Crippen MR) is 121 cm³/mol. The zero-order valence-corrected chi connectivity index (χ0v) is 18.6. The summed E-state index contributed by atoms with van der Waals surface area (Å²) in [6, 6.07) is 9.77. The lowest BCUT2D eigenvalue weighted by atomic mass is 10.1. The van der Waals surface area contributed by atoms with Gasteiger partial charge in [0.1, 0.15) is 0 Å². The van der Waals surface area contributed by atoms with E-state index < -0.39 is 0 Å². The number of benzene rings is 1. The van der Waals surface area contributed by atoms with Gasteiger partial charge in [-0.05, 0) is 48.1 Å². The monoisotopic (exact) mass is 486 g/mol. The van der Waals surface area contributed by atoms with Gasteiger partial charge in [0.05, 0.1) is 6.54 Å². The maximum atomic E-state index is 12.0. The smallest absolute Gasteiger partial charge is 0.251 e. The second-order valence-corrected chi connectivity index (χ2v) is 6.76. The van der Waals surface area contributed by atoms with Gasteiger partial charge in [0, 0.05) is 30.6 Å². The van der Waals surface area contributed by atoms with E-state index in [-0.39, 0.29) is 29.9 Å². The van der Waals surface area contributed by atoms with Crippen molar-refractivity contribution in [3.05, 3.63) is 57.3 Å². The van der Waals surface area contributed by atoms with E-state index in [4.69, 9.17) is 0 Å². The largest absolute Gasteiger partial charge is 0.352 e. The van der Waals surface area contributed by atoms with Crippen LogP contribution < -0.4 is 16.0 Å². The van der Waals surface area contributed by atoms with Gasteiger partial charge in [0.15, 0.2) is 5.96 Å². The second kappa shape index (κ2) is 11.9. The van der Waals surface area contributed by atoms with Gasteiger partial charge in [-0.15, -0.1) is 35.3 Å². The molecule has 0 bridgehead atoms. The molecule has 0 spiro atoms. The number of carbonyl (C=O) groups is 1. The zero-order valence-electron chi connectivity index (χ0n) is 15.5. The van der Waals surface area contributed by atoms with Crippen LogP contribution >= 0.6 is 35.3 Å². The fourth-order valence-electron chi connectivity index (χ4n) is 2.32. The maximum Gasteiger partial charge on any atom is 0.251 e. The molecule has 1 amide bonds. The fourth-order valence-corrected chi connectivity index (χ4v) is 3.16. The third kappa shape index (κ3) is 6.95. The second-order valence-electron chi connectivity index (χ2n) is 5.76. The molecular weight excluding hydrogens is 459 g/mol. The normalized spacial score (nSPS) is 10.8. The highest BCUT2D eigenvalue weighted by atomic mass is 127. The number of rotatable bonds is 7. The first-order valence-electron chi connectivity index (χ1n) is 8.48. The first-order valence-corrected chi connectivity index (χ1v) is 9.36. The summed E-state index contributed by atoms with van der Waals surface area (Å²) in [6.45, 7) is 6.20. The molecule has 0 aliphatic heterocycles. The van der Waals surface area contributed by atoms with E-state index in [1.165, 1.54) is 10.4 Å². The van der Waals surface area contributed by atoms with Crippen LogP contribution in [0.3, 0.4) is 0 Å². The van der Waals surface area contributed by atoms with Gasteiger partial charge in [-0.2, -0.15) is 0 Å². The number of aliphatic imine (C=N–C) groups is 1. The van der Waals surface area contributed by atoms with Crippen LogP contribution in [-0.4, -0.2) is 25.5 Å². The lowest BCUT2D eigenvalue weighted by molar-refractivity contribution is 0.0953. The molecule has 1 aromatic heterocycles. The number of amides is 1. The summed E-state index contributed by atoms with van der Waals surface area (Å²) >= 11 is 1.74. The van der Waals surface area contributed by atoms with Gasteiger partial charge in [0.2, 0.25) is 0 Å². The molecule has 142 valence electrons. The molecular formula is C19H27IN4OS. The maximum absolute atomic E-state index is 12.0. The van der Waals surface area contributed by atoms with Crippen LogP contribution in [0.5, 0.6) is 0 Å². The van der Waals surface area contributed by atoms with Crippen molar-refractivity contribution in [2.45, 2.75) is 33.4 Å². The van der Waals surface area contributed by atoms with E-state index in [1.807, 2.05) is 31.2 Å². The molecule has 0 unspecified atom stereocenters. The first kappa shape index (κ1) is 22.4. The van der Waals surface area contributed by atoms with Gasteiger partial charge in [0.25, 0.3) is 5.91 Å². The van der Waals surface area contributed by atoms with E-state index in [1.54, 1.807) is 18.4 Å². The summed E-state index contributed by atoms with van der Waals surface area (Å²) in [5.74, 6) is 0.716. The summed E-state index contributed by atoms with van der Waals surface area (Å²) in [5, 5.41) is 11.6. The Labute approximate surface area is 176 Å². The van der Waals surface area contributed by atoms with Gasteiger partial charge < -0.3 is 16.0 Å². The van der Waals surface area contributed by atoms with Crippen LogP contribution in [-0.2, 0) is 13.1 Å². The Bertz CT molecular complexity index is 730. The number of carbonyl (C=O) groups excluding carboxylic acids is 1. The van der Waals surface area contributed by atoms with Gasteiger partial charge >= 0.3 is 0 Å². The average Bonchev–Trinajstić information content (AvgIpc) is 3.05. The number of aryl methyl sites for hydroxylation is 1. The predicted octanol–water partition coefficient (Wildman–Crippen LogP) is 3.68. The molecule has 5 nitrogen and oxygen atoms in total. The summed E-state index contributed by atoms with van der Waals surface area (Å²) in [4.78, 5) is 17.6. The van der Waals surface area contributed by atoms with Crippen LogP contribution in [0.25, 0.3) is 0 Å². The number of halogens is 1. The third-order valence-corrected chi connectivity index (χ3v) is 4.82. The molecule has 0 atom stereocenters. The molecule has 0 saturated heterocycles. The molecule has 2 rings (SSSR count). The lowest BCUT2D eigenvalue weighted by Crippen LogP contribution is -2.36. The van der Waals surface area contributed by atoms with E-state index in [0.717, 1.165) is 24.5 Å². The Balaban J connectivity index is 0.00000338. The Morgan fingerprint density at radius 3 is 2.58 bits per heavy atom. The van der Waals surface area contributed by atoms with Crippen molar-refractivity contribution >= 4 is 47.2 Å². The van der Waals surface area contributed by atoms with Gasteiger partial charge in [-0.3, -0.25) is 9.79 Å². The third-order valence-electron chi connectivity index (χ3n) is 3.79. The summed E-state index contributed by atoms with van der Waals surface area (Å²) in [6.07, 6.45) is 0.929. The van der Waals surface area contributed by atoms with Gasteiger partial charge in [-0.25, -0.2) is 0 Å². The number of guanidine groups is 1. The Morgan fingerprint density at radius 2 is 1.92 bits per heavy atom. The first-order chi connectivity index (χ1) is 12.1. The van der Waals surface area contributed by atoms with Crippen LogP contribution in [0.4, 0.5) is 0 Å². The molecule has 0 radical (unpaired) electrons. The van der Waals surface area contributed by atoms with Crippen molar-refractivity contribution in [3.8, 4) is 0 Å². The molecule has 7 heteroatoms. The number of nitrogens with one attached hydrogen (secondary N) is 3. The topological polar surface area (TPSA) is 65.5 Å². The Kier molecular flexibility index (Phi) is 10.3. The minimum atomic E-state index is -0.0284. The Hall–Kier alpha value is -1.61. The number of hydrogen-bond donors (Lipinski definition) is 3. The van der Waals surface area contributed by atoms with Crippen LogP contribution in [0.2, 0.25) is 0 Å².